The third kappa shape index (κ3) is 3.85. The summed E-state index contributed by atoms with van der Waals surface area (Å²) in [7, 11) is 0. The standard InChI is InChI=1S/C13H21N3O2/c14-7-11-3-1-5-16(9-11)10-13(17)15-8-12-4-2-6-18-12/h2,4,6,11H,1,3,5,7-10,14H2,(H,15,17). The van der Waals surface area contributed by atoms with Crippen LogP contribution in [0, 0.1) is 5.92 Å². The molecular formula is C13H21N3O2. The molecule has 0 aromatic carbocycles. The molecule has 0 aliphatic carbocycles. The maximum Gasteiger partial charge on any atom is 0.234 e. The van der Waals surface area contributed by atoms with Crippen molar-refractivity contribution >= 4 is 5.91 Å². The number of piperidine rings is 1. The van der Waals surface area contributed by atoms with Crippen LogP contribution in [0.15, 0.2) is 22.8 Å². The van der Waals surface area contributed by atoms with Crippen LogP contribution in [0.5, 0.6) is 0 Å². The number of carbonyl (C=O) groups is 1. The van der Waals surface area contributed by atoms with E-state index in [0.29, 0.717) is 25.6 Å². The second kappa shape index (κ2) is 6.56. The first-order chi connectivity index (χ1) is 8.78. The largest absolute Gasteiger partial charge is 0.467 e. The smallest absolute Gasteiger partial charge is 0.234 e. The first-order valence-corrected chi connectivity index (χ1v) is 6.49. The third-order valence-electron chi connectivity index (χ3n) is 3.34. The number of nitrogens with two attached hydrogens (primary N) is 1. The fraction of sp³-hybridized carbons (Fsp3) is 0.615. The summed E-state index contributed by atoms with van der Waals surface area (Å²) in [6.45, 7) is 3.55. The zero-order chi connectivity index (χ0) is 12.8. The van der Waals surface area contributed by atoms with Gasteiger partial charge in [0, 0.05) is 6.54 Å². The molecule has 100 valence electrons. The van der Waals surface area contributed by atoms with E-state index >= 15 is 0 Å². The van der Waals surface area contributed by atoms with Gasteiger partial charge in [0.15, 0.2) is 0 Å². The van der Waals surface area contributed by atoms with E-state index in [9.17, 15) is 4.79 Å². The summed E-state index contributed by atoms with van der Waals surface area (Å²) in [6.07, 6.45) is 3.92. The predicted octanol–water partition coefficient (Wildman–Crippen LogP) is 0.567. The summed E-state index contributed by atoms with van der Waals surface area (Å²) < 4.78 is 5.16. The number of likely N-dealkylation sites (tertiary alicyclic amines) is 1. The van der Waals surface area contributed by atoms with Crippen molar-refractivity contribution in [1.29, 1.82) is 0 Å². The maximum absolute atomic E-state index is 11.8. The molecule has 1 unspecified atom stereocenters. The summed E-state index contributed by atoms with van der Waals surface area (Å²) in [5.41, 5.74) is 5.68. The monoisotopic (exact) mass is 251 g/mol. The van der Waals surface area contributed by atoms with E-state index in [1.165, 1.54) is 6.42 Å². The zero-order valence-electron chi connectivity index (χ0n) is 10.6. The van der Waals surface area contributed by atoms with E-state index in [4.69, 9.17) is 10.2 Å². The number of furan rings is 1. The van der Waals surface area contributed by atoms with Gasteiger partial charge in [0.2, 0.25) is 5.91 Å². The molecule has 0 spiro atoms. The van der Waals surface area contributed by atoms with Gasteiger partial charge in [0.05, 0.1) is 19.4 Å². The quantitative estimate of drug-likeness (QED) is 0.802. The summed E-state index contributed by atoms with van der Waals surface area (Å²) in [6, 6.07) is 3.67. The van der Waals surface area contributed by atoms with Gasteiger partial charge >= 0.3 is 0 Å². The van der Waals surface area contributed by atoms with Crippen molar-refractivity contribution in [2.24, 2.45) is 11.7 Å². The number of carbonyl (C=O) groups excluding carboxylic acids is 1. The molecule has 2 heterocycles. The summed E-state index contributed by atoms with van der Waals surface area (Å²) in [5.74, 6) is 1.36. The molecule has 1 aromatic heterocycles. The minimum absolute atomic E-state index is 0.0454. The first kappa shape index (κ1) is 13.1. The Labute approximate surface area is 107 Å². The van der Waals surface area contributed by atoms with Crippen molar-refractivity contribution in [2.45, 2.75) is 19.4 Å². The average Bonchev–Trinajstić information content (AvgIpc) is 2.90. The lowest BCUT2D eigenvalue weighted by molar-refractivity contribution is -0.122. The molecule has 1 amide bonds. The van der Waals surface area contributed by atoms with E-state index in [1.807, 2.05) is 12.1 Å². The molecule has 1 fully saturated rings. The number of amides is 1. The minimum Gasteiger partial charge on any atom is -0.467 e. The molecule has 5 heteroatoms. The second-order valence-electron chi connectivity index (χ2n) is 4.84. The van der Waals surface area contributed by atoms with Crippen LogP contribution in [0.3, 0.4) is 0 Å². The number of hydrogen-bond donors (Lipinski definition) is 2. The van der Waals surface area contributed by atoms with Crippen LogP contribution in [-0.4, -0.2) is 37.0 Å². The van der Waals surface area contributed by atoms with Gasteiger partial charge in [-0.25, -0.2) is 0 Å². The van der Waals surface area contributed by atoms with Gasteiger partial charge in [0.1, 0.15) is 5.76 Å². The Morgan fingerprint density at radius 2 is 2.50 bits per heavy atom. The average molecular weight is 251 g/mol. The van der Waals surface area contributed by atoms with Crippen LogP contribution in [0.1, 0.15) is 18.6 Å². The van der Waals surface area contributed by atoms with E-state index in [-0.39, 0.29) is 5.91 Å². The molecule has 0 saturated carbocycles. The molecule has 3 N–H and O–H groups in total. The normalized spacial score (nSPS) is 20.8. The van der Waals surface area contributed by atoms with Crippen LogP contribution in [-0.2, 0) is 11.3 Å². The lowest BCUT2D eigenvalue weighted by atomic mass is 9.98. The van der Waals surface area contributed by atoms with Gasteiger partial charge < -0.3 is 15.5 Å². The first-order valence-electron chi connectivity index (χ1n) is 6.49. The number of rotatable bonds is 5. The molecule has 1 aliphatic rings. The Bertz CT molecular complexity index is 364. The van der Waals surface area contributed by atoms with Crippen LogP contribution >= 0.6 is 0 Å². The fourth-order valence-corrected chi connectivity index (χ4v) is 2.35. The van der Waals surface area contributed by atoms with Crippen molar-refractivity contribution in [3.05, 3.63) is 24.2 Å². The Balaban J connectivity index is 1.70. The molecule has 1 saturated heterocycles. The highest BCUT2D eigenvalue weighted by Gasteiger charge is 2.20. The highest BCUT2D eigenvalue weighted by molar-refractivity contribution is 5.77. The molecule has 1 aromatic rings. The molecule has 0 bridgehead atoms. The number of nitrogens with zero attached hydrogens (tertiary/aromatic N) is 1. The topological polar surface area (TPSA) is 71.5 Å². The predicted molar refractivity (Wildman–Crippen MR) is 68.8 cm³/mol. The van der Waals surface area contributed by atoms with Gasteiger partial charge in [-0.15, -0.1) is 0 Å². The summed E-state index contributed by atoms with van der Waals surface area (Å²) in [5, 5.41) is 2.86. The molecular weight excluding hydrogens is 230 g/mol. The van der Waals surface area contributed by atoms with Gasteiger partial charge in [-0.1, -0.05) is 0 Å². The van der Waals surface area contributed by atoms with Crippen LogP contribution in [0.4, 0.5) is 0 Å². The Kier molecular flexibility index (Phi) is 4.78. The summed E-state index contributed by atoms with van der Waals surface area (Å²) in [4.78, 5) is 14.0. The molecule has 0 radical (unpaired) electrons. The zero-order valence-corrected chi connectivity index (χ0v) is 10.6. The molecule has 18 heavy (non-hydrogen) atoms. The van der Waals surface area contributed by atoms with E-state index in [2.05, 4.69) is 10.2 Å². The van der Waals surface area contributed by atoms with Crippen LogP contribution < -0.4 is 11.1 Å². The van der Waals surface area contributed by atoms with Crippen molar-refractivity contribution in [1.82, 2.24) is 10.2 Å². The van der Waals surface area contributed by atoms with Crippen molar-refractivity contribution < 1.29 is 9.21 Å². The lowest BCUT2D eigenvalue weighted by Crippen LogP contribution is -2.43. The Morgan fingerprint density at radius 3 is 3.22 bits per heavy atom. The van der Waals surface area contributed by atoms with Crippen LogP contribution in [0.25, 0.3) is 0 Å². The minimum atomic E-state index is 0.0454. The van der Waals surface area contributed by atoms with Gasteiger partial charge in [-0.2, -0.15) is 0 Å². The van der Waals surface area contributed by atoms with E-state index in [0.717, 1.165) is 25.3 Å². The SMILES string of the molecule is NCC1CCCN(CC(=O)NCc2ccco2)C1. The van der Waals surface area contributed by atoms with Gasteiger partial charge in [0.25, 0.3) is 0 Å². The molecule has 1 aliphatic heterocycles. The second-order valence-corrected chi connectivity index (χ2v) is 4.84. The number of hydrogen-bond acceptors (Lipinski definition) is 4. The number of nitrogens with one attached hydrogen (secondary N) is 1. The van der Waals surface area contributed by atoms with Crippen molar-refractivity contribution in [2.75, 3.05) is 26.2 Å². The lowest BCUT2D eigenvalue weighted by Gasteiger charge is -2.31. The van der Waals surface area contributed by atoms with E-state index in [1.54, 1.807) is 6.26 Å². The van der Waals surface area contributed by atoms with Gasteiger partial charge in [-0.05, 0) is 44.0 Å². The van der Waals surface area contributed by atoms with Gasteiger partial charge in [-0.3, -0.25) is 9.69 Å². The summed E-state index contributed by atoms with van der Waals surface area (Å²) >= 11 is 0. The third-order valence-corrected chi connectivity index (χ3v) is 3.34. The Hall–Kier alpha value is -1.33. The highest BCUT2D eigenvalue weighted by Crippen LogP contribution is 2.14. The van der Waals surface area contributed by atoms with Crippen molar-refractivity contribution in [3.8, 4) is 0 Å². The van der Waals surface area contributed by atoms with E-state index < -0.39 is 0 Å². The molecule has 5 nitrogen and oxygen atoms in total. The maximum atomic E-state index is 11.8. The molecule has 1 atom stereocenters. The fourth-order valence-electron chi connectivity index (χ4n) is 2.35. The molecule has 2 rings (SSSR count). The highest BCUT2D eigenvalue weighted by atomic mass is 16.3. The Morgan fingerprint density at radius 1 is 1.61 bits per heavy atom. The van der Waals surface area contributed by atoms with Crippen LogP contribution in [0.2, 0.25) is 0 Å². The van der Waals surface area contributed by atoms with Crippen molar-refractivity contribution in [3.63, 3.8) is 0 Å².